The van der Waals surface area contributed by atoms with Crippen LogP contribution in [0, 0.1) is 20.8 Å². The van der Waals surface area contributed by atoms with Crippen LogP contribution in [0.2, 0.25) is 0 Å². The lowest BCUT2D eigenvalue weighted by atomic mass is 9.96. The molecule has 178 valence electrons. The van der Waals surface area contributed by atoms with Crippen molar-refractivity contribution >= 4 is 39.6 Å². The Balaban J connectivity index is 1.76. The number of rotatable bonds is 5. The van der Waals surface area contributed by atoms with E-state index in [-0.39, 0.29) is 22.2 Å². The second-order valence-corrected chi connectivity index (χ2v) is 9.37. The Morgan fingerprint density at radius 2 is 1.94 bits per heavy atom. The molecule has 4 aromatic rings. The summed E-state index contributed by atoms with van der Waals surface area (Å²) in [4.78, 5) is 32.6. The number of benzene rings is 1. The van der Waals surface area contributed by atoms with E-state index in [1.807, 2.05) is 43.5 Å². The average molecular weight is 490 g/mol. The molecule has 4 heterocycles. The second kappa shape index (κ2) is 8.62. The van der Waals surface area contributed by atoms with Gasteiger partial charge in [-0.1, -0.05) is 29.5 Å². The molecular formula is C25H23N5O4S. The van der Waals surface area contributed by atoms with Crippen LogP contribution in [0.3, 0.4) is 0 Å². The number of nitrogens with zero attached hydrogens (tertiary/aromatic N) is 5. The largest absolute Gasteiger partial charge is 0.505 e. The van der Waals surface area contributed by atoms with E-state index in [1.165, 1.54) is 16.2 Å². The molecule has 1 aromatic carbocycles. The SMILES string of the molecule is CCOc1cccc(C2/C(=C(\O)c3nc4c(C)cccn4c3C)C(=O)C(=O)N2c2nnc(C)s2)c1. The molecule has 1 fully saturated rings. The van der Waals surface area contributed by atoms with Crippen LogP contribution < -0.4 is 9.64 Å². The Kier molecular flexibility index (Phi) is 5.60. The van der Waals surface area contributed by atoms with Crippen molar-refractivity contribution < 1.29 is 19.4 Å². The molecule has 0 spiro atoms. The van der Waals surface area contributed by atoms with E-state index in [0.717, 1.165) is 5.56 Å². The first-order chi connectivity index (χ1) is 16.8. The molecule has 1 unspecified atom stereocenters. The van der Waals surface area contributed by atoms with E-state index in [2.05, 4.69) is 15.2 Å². The highest BCUT2D eigenvalue weighted by Crippen LogP contribution is 2.43. The smallest absolute Gasteiger partial charge is 0.301 e. The number of carbonyl (C=O) groups is 2. The maximum Gasteiger partial charge on any atom is 0.301 e. The summed E-state index contributed by atoms with van der Waals surface area (Å²) in [6.45, 7) is 7.83. The molecule has 0 aliphatic carbocycles. The van der Waals surface area contributed by atoms with Crippen molar-refractivity contribution in [1.82, 2.24) is 19.6 Å². The van der Waals surface area contributed by atoms with E-state index in [0.29, 0.717) is 34.3 Å². The molecule has 0 bridgehead atoms. The number of aliphatic hydroxyl groups excluding tert-OH is 1. The van der Waals surface area contributed by atoms with E-state index < -0.39 is 17.7 Å². The summed E-state index contributed by atoms with van der Waals surface area (Å²) in [6.07, 6.45) is 1.84. The number of pyridine rings is 1. The molecule has 35 heavy (non-hydrogen) atoms. The first-order valence-electron chi connectivity index (χ1n) is 11.1. The molecule has 10 heteroatoms. The maximum atomic E-state index is 13.4. The van der Waals surface area contributed by atoms with Crippen LogP contribution in [0.1, 0.15) is 40.5 Å². The number of fused-ring (bicyclic) bond motifs is 1. The number of amides is 1. The van der Waals surface area contributed by atoms with Crippen molar-refractivity contribution in [1.29, 1.82) is 0 Å². The van der Waals surface area contributed by atoms with Crippen molar-refractivity contribution in [2.24, 2.45) is 0 Å². The van der Waals surface area contributed by atoms with Gasteiger partial charge in [-0.25, -0.2) is 4.98 Å². The van der Waals surface area contributed by atoms with Gasteiger partial charge in [-0.05, 0) is 57.0 Å². The van der Waals surface area contributed by atoms with Gasteiger partial charge >= 0.3 is 5.91 Å². The minimum absolute atomic E-state index is 0.0549. The van der Waals surface area contributed by atoms with Gasteiger partial charge in [0, 0.05) is 6.20 Å². The second-order valence-electron chi connectivity index (χ2n) is 8.21. The predicted molar refractivity (Wildman–Crippen MR) is 132 cm³/mol. The van der Waals surface area contributed by atoms with Gasteiger partial charge in [0.2, 0.25) is 5.13 Å². The molecule has 1 saturated heterocycles. The van der Waals surface area contributed by atoms with Crippen molar-refractivity contribution in [2.45, 2.75) is 33.7 Å². The fourth-order valence-electron chi connectivity index (χ4n) is 4.34. The van der Waals surface area contributed by atoms with Gasteiger partial charge in [0.25, 0.3) is 5.78 Å². The highest BCUT2D eigenvalue weighted by atomic mass is 32.1. The van der Waals surface area contributed by atoms with Crippen LogP contribution in [0.5, 0.6) is 5.75 Å². The summed E-state index contributed by atoms with van der Waals surface area (Å²) in [7, 11) is 0. The van der Waals surface area contributed by atoms with Crippen molar-refractivity contribution in [2.75, 3.05) is 11.5 Å². The zero-order chi connectivity index (χ0) is 24.9. The number of imidazole rings is 1. The van der Waals surface area contributed by atoms with E-state index in [1.54, 1.807) is 31.2 Å². The number of carbonyl (C=O) groups excluding carboxylic acids is 2. The number of ether oxygens (including phenoxy) is 1. The summed E-state index contributed by atoms with van der Waals surface area (Å²) < 4.78 is 7.50. The number of aromatic nitrogens is 4. The van der Waals surface area contributed by atoms with E-state index in [9.17, 15) is 14.7 Å². The summed E-state index contributed by atoms with van der Waals surface area (Å²) in [5, 5.41) is 20.6. The van der Waals surface area contributed by atoms with Gasteiger partial charge in [0.1, 0.15) is 22.1 Å². The van der Waals surface area contributed by atoms with Gasteiger partial charge in [-0.3, -0.25) is 14.5 Å². The standard InChI is InChI=1S/C25H23N5O4S/c1-5-34-17-10-6-9-16(12-17)20-18(22(32)24(33)30(20)25-28-27-15(4)35-25)21(31)19-14(3)29-11-7-8-13(2)23(29)26-19/h6-12,20,31H,5H2,1-4H3/b21-18+. The van der Waals surface area contributed by atoms with Gasteiger partial charge in [0.15, 0.2) is 5.76 Å². The molecule has 0 radical (unpaired) electrons. The molecule has 1 aliphatic rings. The quantitative estimate of drug-likeness (QED) is 0.255. The highest BCUT2D eigenvalue weighted by molar-refractivity contribution is 7.15. The van der Waals surface area contributed by atoms with Gasteiger partial charge in [-0.2, -0.15) is 0 Å². The van der Waals surface area contributed by atoms with Crippen molar-refractivity contribution in [3.05, 3.63) is 75.7 Å². The number of aryl methyl sites for hydroxylation is 3. The van der Waals surface area contributed by atoms with Crippen LogP contribution in [-0.2, 0) is 9.59 Å². The molecule has 5 rings (SSSR count). The number of hydrogen-bond donors (Lipinski definition) is 1. The monoisotopic (exact) mass is 489 g/mol. The van der Waals surface area contributed by atoms with Crippen LogP contribution >= 0.6 is 11.3 Å². The number of Topliss-reactive ketones (excluding diaryl/α,β-unsaturated/α-hetero) is 1. The Morgan fingerprint density at radius 1 is 1.14 bits per heavy atom. The molecule has 9 nitrogen and oxygen atoms in total. The summed E-state index contributed by atoms with van der Waals surface area (Å²) >= 11 is 1.20. The lowest BCUT2D eigenvalue weighted by molar-refractivity contribution is -0.132. The number of hydrogen-bond acceptors (Lipinski definition) is 8. The third-order valence-electron chi connectivity index (χ3n) is 5.96. The first kappa shape index (κ1) is 22.7. The average Bonchev–Trinajstić information content (AvgIpc) is 3.49. The molecule has 0 saturated carbocycles. The van der Waals surface area contributed by atoms with Gasteiger partial charge in [0.05, 0.1) is 23.9 Å². The van der Waals surface area contributed by atoms with E-state index in [4.69, 9.17) is 4.74 Å². The van der Waals surface area contributed by atoms with Crippen molar-refractivity contribution in [3.8, 4) is 5.75 Å². The minimum Gasteiger partial charge on any atom is -0.505 e. The zero-order valence-electron chi connectivity index (χ0n) is 19.6. The molecule has 1 atom stereocenters. The van der Waals surface area contributed by atoms with Crippen LogP contribution in [-0.4, -0.2) is 43.0 Å². The number of ketones is 1. The third kappa shape index (κ3) is 3.66. The zero-order valence-corrected chi connectivity index (χ0v) is 20.5. The Labute approximate surface area is 205 Å². The molecule has 1 amide bonds. The predicted octanol–water partition coefficient (Wildman–Crippen LogP) is 4.14. The third-order valence-corrected chi connectivity index (χ3v) is 6.80. The normalized spacial score (nSPS) is 17.5. The van der Waals surface area contributed by atoms with Crippen LogP contribution in [0.15, 0.2) is 48.2 Å². The fourth-order valence-corrected chi connectivity index (χ4v) is 5.06. The van der Waals surface area contributed by atoms with Crippen LogP contribution in [0.25, 0.3) is 11.4 Å². The topological polar surface area (TPSA) is 110 Å². The minimum atomic E-state index is -0.923. The summed E-state index contributed by atoms with van der Waals surface area (Å²) in [6, 6.07) is 10.0. The lowest BCUT2D eigenvalue weighted by Crippen LogP contribution is -2.29. The molecular weight excluding hydrogens is 466 g/mol. The lowest BCUT2D eigenvalue weighted by Gasteiger charge is -2.22. The van der Waals surface area contributed by atoms with Crippen LogP contribution in [0.4, 0.5) is 5.13 Å². The Morgan fingerprint density at radius 3 is 2.63 bits per heavy atom. The number of aliphatic hydroxyl groups is 1. The fraction of sp³-hybridized carbons (Fsp3) is 0.240. The van der Waals surface area contributed by atoms with Gasteiger partial charge < -0.3 is 14.2 Å². The van der Waals surface area contributed by atoms with Crippen molar-refractivity contribution in [3.63, 3.8) is 0 Å². The Hall–Kier alpha value is -4.05. The van der Waals surface area contributed by atoms with Gasteiger partial charge in [-0.15, -0.1) is 10.2 Å². The molecule has 3 aromatic heterocycles. The molecule has 1 aliphatic heterocycles. The summed E-state index contributed by atoms with van der Waals surface area (Å²) in [5.74, 6) is -1.34. The maximum absolute atomic E-state index is 13.4. The summed E-state index contributed by atoms with van der Waals surface area (Å²) in [5.41, 5.74) is 3.02. The number of anilines is 1. The highest BCUT2D eigenvalue weighted by Gasteiger charge is 2.48. The first-order valence-corrected chi connectivity index (χ1v) is 11.9. The molecule has 1 N–H and O–H groups in total. The van der Waals surface area contributed by atoms with E-state index >= 15 is 0 Å². The Bertz CT molecular complexity index is 1520.